The fourth-order valence-electron chi connectivity index (χ4n) is 10.2. The van der Waals surface area contributed by atoms with E-state index in [1.807, 2.05) is 0 Å². The van der Waals surface area contributed by atoms with E-state index in [-0.39, 0.29) is 31.1 Å². The maximum atomic E-state index is 13.0. The van der Waals surface area contributed by atoms with Crippen molar-refractivity contribution < 1.29 is 28.6 Å². The molecular weight excluding hydrogens is 961 g/mol. The molecule has 1 unspecified atom stereocenters. The van der Waals surface area contributed by atoms with Crippen LogP contribution in [0.25, 0.3) is 0 Å². The molecule has 6 heteroatoms. The van der Waals surface area contributed by atoms with Crippen molar-refractivity contribution in [3.8, 4) is 0 Å². The van der Waals surface area contributed by atoms with Gasteiger partial charge in [-0.15, -0.1) is 0 Å². The molecule has 0 aromatic rings. The fourth-order valence-corrected chi connectivity index (χ4v) is 10.2. The third kappa shape index (κ3) is 63.9. The highest BCUT2D eigenvalue weighted by molar-refractivity contribution is 5.71. The van der Waals surface area contributed by atoms with E-state index in [0.717, 1.165) is 96.3 Å². The molecule has 0 aliphatic heterocycles. The molecule has 0 saturated heterocycles. The molecule has 0 fully saturated rings. The normalized spacial score (nSPS) is 12.4. The zero-order chi connectivity index (χ0) is 56.4. The molecule has 0 saturated carbocycles. The molecule has 0 aromatic heterocycles. The first-order valence-corrected chi connectivity index (χ1v) is 34.3. The van der Waals surface area contributed by atoms with Gasteiger partial charge < -0.3 is 14.2 Å². The van der Waals surface area contributed by atoms with E-state index in [2.05, 4.69) is 81.5 Å². The van der Waals surface area contributed by atoms with E-state index >= 15 is 0 Å². The van der Waals surface area contributed by atoms with Crippen molar-refractivity contribution >= 4 is 17.9 Å². The number of unbranched alkanes of at least 4 members (excludes halogenated alkanes) is 42. The molecular formula is C72H130O6. The molecule has 0 heterocycles. The number of hydrogen-bond acceptors (Lipinski definition) is 6. The monoisotopic (exact) mass is 1090 g/mol. The van der Waals surface area contributed by atoms with E-state index in [0.29, 0.717) is 19.3 Å². The second-order valence-electron chi connectivity index (χ2n) is 23.1. The lowest BCUT2D eigenvalue weighted by Crippen LogP contribution is -2.30. The number of hydrogen-bond donors (Lipinski definition) is 0. The minimum Gasteiger partial charge on any atom is -0.462 e. The average Bonchev–Trinajstić information content (AvgIpc) is 3.44. The molecule has 1 atom stereocenters. The van der Waals surface area contributed by atoms with Gasteiger partial charge in [-0.3, -0.25) is 14.4 Å². The Hall–Kier alpha value is -2.89. The van der Waals surface area contributed by atoms with Crippen molar-refractivity contribution in [3.05, 3.63) is 60.8 Å². The lowest BCUT2D eigenvalue weighted by atomic mass is 10.0. The molecule has 0 aliphatic rings. The van der Waals surface area contributed by atoms with Crippen LogP contribution in [-0.4, -0.2) is 37.2 Å². The van der Waals surface area contributed by atoms with Gasteiger partial charge in [-0.2, -0.15) is 0 Å². The number of carbonyl (C=O) groups excluding carboxylic acids is 3. The van der Waals surface area contributed by atoms with Crippen LogP contribution in [0.5, 0.6) is 0 Å². The van der Waals surface area contributed by atoms with Gasteiger partial charge in [0.15, 0.2) is 6.10 Å². The quantitative estimate of drug-likeness (QED) is 0.0261. The van der Waals surface area contributed by atoms with Crippen molar-refractivity contribution in [2.24, 2.45) is 0 Å². The summed E-state index contributed by atoms with van der Waals surface area (Å²) in [7, 11) is 0. The third-order valence-corrected chi connectivity index (χ3v) is 15.3. The Morgan fingerprint density at radius 2 is 0.500 bits per heavy atom. The van der Waals surface area contributed by atoms with E-state index in [4.69, 9.17) is 14.2 Å². The van der Waals surface area contributed by atoms with Crippen LogP contribution in [0.1, 0.15) is 361 Å². The van der Waals surface area contributed by atoms with Crippen LogP contribution in [0.3, 0.4) is 0 Å². The second kappa shape index (κ2) is 66.6. The number of rotatable bonds is 63. The Balaban J connectivity index is 4.37. The highest BCUT2D eigenvalue weighted by Crippen LogP contribution is 2.18. The molecule has 78 heavy (non-hydrogen) atoms. The zero-order valence-electron chi connectivity index (χ0n) is 52.2. The Bertz CT molecular complexity index is 1390. The summed E-state index contributed by atoms with van der Waals surface area (Å²) in [5.41, 5.74) is 0. The Labute approximate surface area is 485 Å². The minimum atomic E-state index is -0.787. The predicted octanol–water partition coefficient (Wildman–Crippen LogP) is 23.5. The van der Waals surface area contributed by atoms with Gasteiger partial charge in [0.05, 0.1) is 0 Å². The van der Waals surface area contributed by atoms with Crippen LogP contribution in [0.2, 0.25) is 0 Å². The largest absolute Gasteiger partial charge is 0.462 e. The molecule has 454 valence electrons. The number of ether oxygens (including phenoxy) is 3. The molecule has 6 nitrogen and oxygen atoms in total. The number of carbonyl (C=O) groups is 3. The van der Waals surface area contributed by atoms with Crippen molar-refractivity contribution in [1.29, 1.82) is 0 Å². The van der Waals surface area contributed by atoms with E-state index in [9.17, 15) is 14.4 Å². The smallest absolute Gasteiger partial charge is 0.306 e. The maximum absolute atomic E-state index is 13.0. The SMILES string of the molecule is CC/C=C\C/C=C\C/C=C\C/C=C\C/C=C\CCCCCC(=O)OCC(COC(=O)CCCCCCCCCCCCCCCCCCCCCCC)OC(=O)CCCCCCCCCCCCCCCCCCCCCC. The molecule has 0 spiro atoms. The van der Waals surface area contributed by atoms with Crippen LogP contribution in [0.4, 0.5) is 0 Å². The maximum Gasteiger partial charge on any atom is 0.306 e. The van der Waals surface area contributed by atoms with Gasteiger partial charge >= 0.3 is 17.9 Å². The topological polar surface area (TPSA) is 78.9 Å². The lowest BCUT2D eigenvalue weighted by molar-refractivity contribution is -0.167. The van der Waals surface area contributed by atoms with Crippen LogP contribution >= 0.6 is 0 Å². The van der Waals surface area contributed by atoms with Gasteiger partial charge in [0.1, 0.15) is 13.2 Å². The summed E-state index contributed by atoms with van der Waals surface area (Å²) in [6, 6.07) is 0. The van der Waals surface area contributed by atoms with Crippen molar-refractivity contribution in [2.45, 2.75) is 367 Å². The van der Waals surface area contributed by atoms with Crippen molar-refractivity contribution in [2.75, 3.05) is 13.2 Å². The Morgan fingerprint density at radius 1 is 0.269 bits per heavy atom. The summed E-state index contributed by atoms with van der Waals surface area (Å²) in [4.78, 5) is 38.4. The highest BCUT2D eigenvalue weighted by atomic mass is 16.6. The Kier molecular flexibility index (Phi) is 64.2. The van der Waals surface area contributed by atoms with Crippen molar-refractivity contribution in [1.82, 2.24) is 0 Å². The Morgan fingerprint density at radius 3 is 0.782 bits per heavy atom. The van der Waals surface area contributed by atoms with E-state index in [1.54, 1.807) is 0 Å². The van der Waals surface area contributed by atoms with Crippen LogP contribution in [0.15, 0.2) is 60.8 Å². The standard InChI is InChI=1S/C72H130O6/c1-4-7-10-13-16-19-22-25-28-31-34-36-39-41-44-47-50-53-56-59-62-65-71(74)77-68-69(67-76-70(73)64-61-58-55-52-49-46-43-40-37-33-30-27-24-21-18-15-12-9-6-3)78-72(75)66-63-60-57-54-51-48-45-42-38-35-32-29-26-23-20-17-14-11-8-5-2/h9,12,18,21,27,30,37,40,46,49,69H,4-8,10-11,13-17,19-20,22-26,28-29,31-36,38-39,41-45,47-48,50-68H2,1-3H3/b12-9-,21-18-,30-27-,40-37-,49-46-. The summed E-state index contributed by atoms with van der Waals surface area (Å²) in [5.74, 6) is -0.887. The van der Waals surface area contributed by atoms with Gasteiger partial charge in [-0.25, -0.2) is 0 Å². The summed E-state index contributed by atoms with van der Waals surface area (Å²) >= 11 is 0. The highest BCUT2D eigenvalue weighted by Gasteiger charge is 2.19. The molecule has 0 aromatic carbocycles. The summed E-state index contributed by atoms with van der Waals surface area (Å²) < 4.78 is 17.0. The summed E-state index contributed by atoms with van der Waals surface area (Å²) in [6.45, 7) is 6.57. The van der Waals surface area contributed by atoms with E-state index < -0.39 is 6.10 Å². The predicted molar refractivity (Wildman–Crippen MR) is 339 cm³/mol. The number of allylic oxidation sites excluding steroid dienone is 10. The van der Waals surface area contributed by atoms with Crippen LogP contribution in [-0.2, 0) is 28.6 Å². The van der Waals surface area contributed by atoms with Crippen LogP contribution < -0.4 is 0 Å². The molecule has 0 amide bonds. The molecule has 0 radical (unpaired) electrons. The third-order valence-electron chi connectivity index (χ3n) is 15.3. The average molecular weight is 1090 g/mol. The number of esters is 3. The molecule has 0 aliphatic carbocycles. The fraction of sp³-hybridized carbons (Fsp3) is 0.819. The first-order chi connectivity index (χ1) is 38.5. The van der Waals surface area contributed by atoms with Gasteiger partial charge in [0.25, 0.3) is 0 Å². The van der Waals surface area contributed by atoms with Gasteiger partial charge in [0, 0.05) is 19.3 Å². The van der Waals surface area contributed by atoms with Crippen LogP contribution in [0, 0.1) is 0 Å². The van der Waals surface area contributed by atoms with Gasteiger partial charge in [-0.1, -0.05) is 338 Å². The first-order valence-electron chi connectivity index (χ1n) is 34.3. The summed E-state index contributed by atoms with van der Waals surface area (Å²) in [5, 5.41) is 0. The summed E-state index contributed by atoms with van der Waals surface area (Å²) in [6.07, 6.45) is 85.2. The molecule has 0 rings (SSSR count). The molecule has 0 bridgehead atoms. The van der Waals surface area contributed by atoms with Crippen molar-refractivity contribution in [3.63, 3.8) is 0 Å². The van der Waals surface area contributed by atoms with Gasteiger partial charge in [0.2, 0.25) is 0 Å². The molecule has 0 N–H and O–H groups in total. The first kappa shape index (κ1) is 75.1. The zero-order valence-corrected chi connectivity index (χ0v) is 52.2. The second-order valence-corrected chi connectivity index (χ2v) is 23.1. The van der Waals surface area contributed by atoms with Gasteiger partial charge in [-0.05, 0) is 64.2 Å². The van der Waals surface area contributed by atoms with E-state index in [1.165, 1.54) is 225 Å². The lowest BCUT2D eigenvalue weighted by Gasteiger charge is -2.18. The minimum absolute atomic E-state index is 0.0798.